The van der Waals surface area contributed by atoms with Gasteiger partial charge in [0.2, 0.25) is 0 Å². The Morgan fingerprint density at radius 1 is 1.40 bits per heavy atom. The molecule has 80 valence electrons. The SMILES string of the molecule is COc1ccccc1CC(=O)C1(C)CC1. The van der Waals surface area contributed by atoms with Gasteiger partial charge in [0, 0.05) is 17.4 Å². The minimum atomic E-state index is -0.0408. The Labute approximate surface area is 90.3 Å². The van der Waals surface area contributed by atoms with Crippen molar-refractivity contribution in [2.24, 2.45) is 5.41 Å². The molecule has 0 spiro atoms. The summed E-state index contributed by atoms with van der Waals surface area (Å²) in [6, 6.07) is 7.73. The topological polar surface area (TPSA) is 26.3 Å². The summed E-state index contributed by atoms with van der Waals surface area (Å²) in [7, 11) is 1.64. The van der Waals surface area contributed by atoms with Crippen LogP contribution in [-0.2, 0) is 11.2 Å². The molecule has 0 heterocycles. The highest BCUT2D eigenvalue weighted by Gasteiger charge is 2.44. The van der Waals surface area contributed by atoms with Crippen LogP contribution < -0.4 is 4.74 Å². The molecule has 1 saturated carbocycles. The van der Waals surface area contributed by atoms with Gasteiger partial charge in [0.15, 0.2) is 0 Å². The summed E-state index contributed by atoms with van der Waals surface area (Å²) in [5.74, 6) is 1.15. The smallest absolute Gasteiger partial charge is 0.143 e. The van der Waals surface area contributed by atoms with Crippen LogP contribution in [0.15, 0.2) is 24.3 Å². The Morgan fingerprint density at radius 3 is 2.67 bits per heavy atom. The first-order valence-corrected chi connectivity index (χ1v) is 5.31. The Kier molecular flexibility index (Phi) is 2.51. The molecule has 1 aromatic rings. The third-order valence-electron chi connectivity index (χ3n) is 3.22. The van der Waals surface area contributed by atoms with E-state index in [2.05, 4.69) is 0 Å². The highest BCUT2D eigenvalue weighted by molar-refractivity contribution is 5.89. The van der Waals surface area contributed by atoms with E-state index in [9.17, 15) is 4.79 Å². The normalized spacial score (nSPS) is 17.2. The average Bonchev–Trinajstić information content (AvgIpc) is 2.99. The minimum Gasteiger partial charge on any atom is -0.496 e. The van der Waals surface area contributed by atoms with E-state index >= 15 is 0 Å². The van der Waals surface area contributed by atoms with Gasteiger partial charge in [0.25, 0.3) is 0 Å². The van der Waals surface area contributed by atoms with Gasteiger partial charge in [-0.15, -0.1) is 0 Å². The van der Waals surface area contributed by atoms with Crippen molar-refractivity contribution in [1.29, 1.82) is 0 Å². The molecule has 2 rings (SSSR count). The van der Waals surface area contributed by atoms with Gasteiger partial charge in [0.05, 0.1) is 7.11 Å². The summed E-state index contributed by atoms with van der Waals surface area (Å²) in [5, 5.41) is 0. The fourth-order valence-corrected chi connectivity index (χ4v) is 1.70. The minimum absolute atomic E-state index is 0.0408. The fraction of sp³-hybridized carbons (Fsp3) is 0.462. The monoisotopic (exact) mass is 204 g/mol. The van der Waals surface area contributed by atoms with E-state index in [4.69, 9.17) is 4.74 Å². The van der Waals surface area contributed by atoms with Crippen LogP contribution in [0.3, 0.4) is 0 Å². The molecule has 2 nitrogen and oxygen atoms in total. The zero-order valence-electron chi connectivity index (χ0n) is 9.25. The number of carbonyl (C=O) groups excluding carboxylic acids is 1. The Bertz CT molecular complexity index is 378. The molecule has 0 unspecified atom stereocenters. The van der Waals surface area contributed by atoms with E-state index in [1.165, 1.54) is 0 Å². The number of hydrogen-bond acceptors (Lipinski definition) is 2. The molecule has 2 heteroatoms. The molecule has 0 radical (unpaired) electrons. The van der Waals surface area contributed by atoms with E-state index < -0.39 is 0 Å². The molecule has 0 saturated heterocycles. The maximum Gasteiger partial charge on any atom is 0.143 e. The van der Waals surface area contributed by atoms with Crippen LogP contribution in [0.1, 0.15) is 25.3 Å². The molecule has 0 aliphatic heterocycles. The molecule has 1 aliphatic carbocycles. The molecule has 0 bridgehead atoms. The first kappa shape index (κ1) is 10.2. The molecule has 0 atom stereocenters. The van der Waals surface area contributed by atoms with E-state index in [1.807, 2.05) is 31.2 Å². The Balaban J connectivity index is 2.13. The van der Waals surface area contributed by atoms with Crippen molar-refractivity contribution >= 4 is 5.78 Å². The Morgan fingerprint density at radius 2 is 2.07 bits per heavy atom. The molecular formula is C13H16O2. The van der Waals surface area contributed by atoms with Gasteiger partial charge >= 0.3 is 0 Å². The van der Waals surface area contributed by atoms with Gasteiger partial charge < -0.3 is 4.74 Å². The number of hydrogen-bond donors (Lipinski definition) is 0. The third-order valence-corrected chi connectivity index (χ3v) is 3.22. The number of ketones is 1. The summed E-state index contributed by atoms with van der Waals surface area (Å²) in [5.41, 5.74) is 0.957. The van der Waals surface area contributed by atoms with E-state index in [0.29, 0.717) is 12.2 Å². The molecule has 1 fully saturated rings. The quantitative estimate of drug-likeness (QED) is 0.753. The van der Waals surface area contributed by atoms with Crippen LogP contribution in [0.4, 0.5) is 0 Å². The number of ether oxygens (including phenoxy) is 1. The zero-order valence-corrected chi connectivity index (χ0v) is 9.25. The molecule has 0 amide bonds. The molecule has 1 aromatic carbocycles. The van der Waals surface area contributed by atoms with E-state index in [-0.39, 0.29) is 5.41 Å². The summed E-state index contributed by atoms with van der Waals surface area (Å²) < 4.78 is 5.23. The van der Waals surface area contributed by atoms with Gasteiger partial charge in [-0.2, -0.15) is 0 Å². The number of Topliss-reactive ketones (excluding diaryl/α,β-unsaturated/α-hetero) is 1. The van der Waals surface area contributed by atoms with Crippen LogP contribution in [0, 0.1) is 5.41 Å². The summed E-state index contributed by atoms with van der Waals surface area (Å²) >= 11 is 0. The van der Waals surface area contributed by atoms with Gasteiger partial charge in [0.1, 0.15) is 11.5 Å². The van der Waals surface area contributed by atoms with Crippen LogP contribution >= 0.6 is 0 Å². The first-order valence-electron chi connectivity index (χ1n) is 5.31. The van der Waals surface area contributed by atoms with E-state index in [1.54, 1.807) is 7.11 Å². The highest BCUT2D eigenvalue weighted by Crippen LogP contribution is 2.46. The number of benzene rings is 1. The molecule has 0 N–H and O–H groups in total. The largest absolute Gasteiger partial charge is 0.496 e. The summed E-state index contributed by atoms with van der Waals surface area (Å²) in [4.78, 5) is 11.9. The molecule has 15 heavy (non-hydrogen) atoms. The lowest BCUT2D eigenvalue weighted by Crippen LogP contribution is -2.14. The van der Waals surface area contributed by atoms with Crippen molar-refractivity contribution in [3.63, 3.8) is 0 Å². The van der Waals surface area contributed by atoms with Crippen LogP contribution in [0.25, 0.3) is 0 Å². The summed E-state index contributed by atoms with van der Waals surface area (Å²) in [6.45, 7) is 2.05. The number of para-hydroxylation sites is 1. The van der Waals surface area contributed by atoms with Crippen LogP contribution in [-0.4, -0.2) is 12.9 Å². The highest BCUT2D eigenvalue weighted by atomic mass is 16.5. The van der Waals surface area contributed by atoms with Crippen molar-refractivity contribution in [1.82, 2.24) is 0 Å². The van der Waals surface area contributed by atoms with Crippen molar-refractivity contribution in [3.8, 4) is 5.75 Å². The van der Waals surface area contributed by atoms with Crippen molar-refractivity contribution in [3.05, 3.63) is 29.8 Å². The maximum atomic E-state index is 11.9. The lowest BCUT2D eigenvalue weighted by molar-refractivity contribution is -0.122. The fourth-order valence-electron chi connectivity index (χ4n) is 1.70. The predicted octanol–water partition coefficient (Wildman–Crippen LogP) is 2.61. The second-order valence-electron chi connectivity index (χ2n) is 4.47. The second kappa shape index (κ2) is 3.69. The molecule has 1 aliphatic rings. The molecule has 0 aromatic heterocycles. The number of methoxy groups -OCH3 is 1. The lowest BCUT2D eigenvalue weighted by atomic mass is 9.97. The van der Waals surface area contributed by atoms with Crippen molar-refractivity contribution < 1.29 is 9.53 Å². The van der Waals surface area contributed by atoms with Gasteiger partial charge in [-0.3, -0.25) is 4.79 Å². The predicted molar refractivity (Wildman–Crippen MR) is 59.0 cm³/mol. The first-order chi connectivity index (χ1) is 7.15. The van der Waals surface area contributed by atoms with Crippen LogP contribution in [0.5, 0.6) is 5.75 Å². The van der Waals surface area contributed by atoms with E-state index in [0.717, 1.165) is 24.2 Å². The maximum absolute atomic E-state index is 11.9. The summed E-state index contributed by atoms with van der Waals surface area (Å²) in [6.07, 6.45) is 2.59. The zero-order chi connectivity index (χ0) is 10.9. The van der Waals surface area contributed by atoms with Gasteiger partial charge in [-0.25, -0.2) is 0 Å². The Hall–Kier alpha value is -1.31. The van der Waals surface area contributed by atoms with Crippen molar-refractivity contribution in [2.45, 2.75) is 26.2 Å². The number of carbonyl (C=O) groups is 1. The van der Waals surface area contributed by atoms with Gasteiger partial charge in [-0.1, -0.05) is 25.1 Å². The lowest BCUT2D eigenvalue weighted by Gasteiger charge is -2.10. The second-order valence-corrected chi connectivity index (χ2v) is 4.47. The standard InChI is InChI=1S/C13H16O2/c1-13(7-8-13)12(14)9-10-5-3-4-6-11(10)15-2/h3-6H,7-9H2,1-2H3. The number of rotatable bonds is 4. The molecular weight excluding hydrogens is 188 g/mol. The van der Waals surface area contributed by atoms with Crippen molar-refractivity contribution in [2.75, 3.05) is 7.11 Å². The van der Waals surface area contributed by atoms with Crippen LogP contribution in [0.2, 0.25) is 0 Å². The average molecular weight is 204 g/mol. The van der Waals surface area contributed by atoms with Gasteiger partial charge in [-0.05, 0) is 18.9 Å². The third kappa shape index (κ3) is 2.04.